The molecule has 0 aliphatic carbocycles. The van der Waals surface area contributed by atoms with Crippen LogP contribution < -0.4 is 5.32 Å². The van der Waals surface area contributed by atoms with E-state index in [9.17, 15) is 4.79 Å². The molecule has 3 rings (SSSR count). The minimum Gasteiger partial charge on any atom is -0.353 e. The highest BCUT2D eigenvalue weighted by Crippen LogP contribution is 2.26. The molecule has 0 saturated carbocycles. The topological polar surface area (TPSA) is 70.7 Å². The molecule has 0 saturated heterocycles. The van der Waals surface area contributed by atoms with E-state index in [4.69, 9.17) is 23.2 Å². The molecular formula is C21H22Cl2N4O. The molecule has 3 aromatic rings. The molecule has 1 unspecified atom stereocenters. The molecule has 0 aliphatic rings. The van der Waals surface area contributed by atoms with Gasteiger partial charge in [-0.3, -0.25) is 9.89 Å². The second-order valence-corrected chi connectivity index (χ2v) is 7.65. The maximum Gasteiger partial charge on any atom is 0.220 e. The van der Waals surface area contributed by atoms with E-state index in [-0.39, 0.29) is 17.9 Å². The number of halogens is 2. The number of hydrogen-bond acceptors (Lipinski definition) is 3. The summed E-state index contributed by atoms with van der Waals surface area (Å²) in [7, 11) is 0. The van der Waals surface area contributed by atoms with E-state index in [1.54, 1.807) is 0 Å². The van der Waals surface area contributed by atoms with Crippen LogP contribution in [0.3, 0.4) is 0 Å². The van der Waals surface area contributed by atoms with Crippen LogP contribution in [0.25, 0.3) is 0 Å². The van der Waals surface area contributed by atoms with Crippen molar-refractivity contribution < 1.29 is 4.79 Å². The van der Waals surface area contributed by atoms with Crippen LogP contribution in [0.15, 0.2) is 54.9 Å². The Labute approximate surface area is 174 Å². The largest absolute Gasteiger partial charge is 0.353 e. The summed E-state index contributed by atoms with van der Waals surface area (Å²) in [5.74, 6) is 0.796. The molecule has 0 spiro atoms. The Morgan fingerprint density at radius 2 is 1.71 bits per heavy atom. The number of amides is 1. The molecule has 146 valence electrons. The maximum absolute atomic E-state index is 12.4. The number of aromatic nitrogens is 3. The molecule has 0 radical (unpaired) electrons. The number of aromatic amines is 1. The van der Waals surface area contributed by atoms with Gasteiger partial charge in [-0.1, -0.05) is 47.5 Å². The van der Waals surface area contributed by atoms with Crippen molar-refractivity contribution in [2.45, 2.75) is 38.1 Å². The molecule has 7 heteroatoms. The minimum absolute atomic E-state index is 0.0148. The summed E-state index contributed by atoms with van der Waals surface area (Å²) in [6.45, 7) is 2.03. The standard InChI is InChI=1S/C21H22Cl2N4O/c1-14(26-21(28)11-10-20-24-13-25-27-20)19(16-4-8-18(23)9-5-16)12-15-2-6-17(22)7-3-15/h2-9,13-14,19H,10-12H2,1H3,(H,26,28)(H,24,25,27)/t14?,19-/m0/s1. The average molecular weight is 417 g/mol. The van der Waals surface area contributed by atoms with Gasteiger partial charge in [-0.2, -0.15) is 5.10 Å². The van der Waals surface area contributed by atoms with Gasteiger partial charge in [-0.25, -0.2) is 4.98 Å². The fraction of sp³-hybridized carbons (Fsp3) is 0.286. The van der Waals surface area contributed by atoms with Crippen LogP contribution in [0.5, 0.6) is 0 Å². The Balaban J connectivity index is 1.70. The van der Waals surface area contributed by atoms with Crippen molar-refractivity contribution in [2.24, 2.45) is 0 Å². The van der Waals surface area contributed by atoms with E-state index in [2.05, 4.69) is 20.5 Å². The second-order valence-electron chi connectivity index (χ2n) is 6.78. The van der Waals surface area contributed by atoms with Gasteiger partial charge in [0.15, 0.2) is 0 Å². The van der Waals surface area contributed by atoms with E-state index in [1.165, 1.54) is 6.33 Å². The third kappa shape index (κ3) is 5.81. The number of carbonyl (C=O) groups excluding carboxylic acids is 1. The van der Waals surface area contributed by atoms with Crippen LogP contribution in [0.4, 0.5) is 0 Å². The number of benzene rings is 2. The SMILES string of the molecule is CC(NC(=O)CCc1ncn[nH]1)[C@H](Cc1ccc(Cl)cc1)c1ccc(Cl)cc1. The van der Waals surface area contributed by atoms with E-state index in [0.29, 0.717) is 28.7 Å². The number of H-pyrrole nitrogens is 1. The molecular weight excluding hydrogens is 395 g/mol. The quantitative estimate of drug-likeness (QED) is 0.564. The van der Waals surface area contributed by atoms with Gasteiger partial charge < -0.3 is 5.32 Å². The Morgan fingerprint density at radius 3 is 2.32 bits per heavy atom. The van der Waals surface area contributed by atoms with Gasteiger partial charge in [-0.05, 0) is 48.7 Å². The molecule has 5 nitrogen and oxygen atoms in total. The van der Waals surface area contributed by atoms with Crippen molar-refractivity contribution in [3.05, 3.63) is 81.9 Å². The number of carbonyl (C=O) groups is 1. The highest BCUT2D eigenvalue weighted by molar-refractivity contribution is 6.30. The summed E-state index contributed by atoms with van der Waals surface area (Å²) in [6.07, 6.45) is 3.11. The first-order valence-corrected chi connectivity index (χ1v) is 9.90. The van der Waals surface area contributed by atoms with Gasteiger partial charge in [-0.15, -0.1) is 0 Å². The highest BCUT2D eigenvalue weighted by atomic mass is 35.5. The van der Waals surface area contributed by atoms with Crippen LogP contribution in [-0.2, 0) is 17.6 Å². The van der Waals surface area contributed by atoms with Crippen molar-refractivity contribution in [3.8, 4) is 0 Å². The van der Waals surface area contributed by atoms with E-state index in [0.717, 1.165) is 17.5 Å². The van der Waals surface area contributed by atoms with Crippen LogP contribution in [0.1, 0.15) is 36.2 Å². The van der Waals surface area contributed by atoms with Gasteiger partial charge in [0.2, 0.25) is 5.91 Å². The lowest BCUT2D eigenvalue weighted by atomic mass is 9.86. The van der Waals surface area contributed by atoms with Crippen LogP contribution >= 0.6 is 23.2 Å². The molecule has 0 bridgehead atoms. The van der Waals surface area contributed by atoms with Crippen molar-refractivity contribution in [3.63, 3.8) is 0 Å². The Hall–Kier alpha value is -2.37. The van der Waals surface area contributed by atoms with Crippen molar-refractivity contribution in [1.29, 1.82) is 0 Å². The van der Waals surface area contributed by atoms with E-state index in [1.807, 2.05) is 55.5 Å². The van der Waals surface area contributed by atoms with Gasteiger partial charge in [0.05, 0.1) is 0 Å². The predicted octanol–water partition coefficient (Wildman–Crippen LogP) is 4.58. The summed E-state index contributed by atoms with van der Waals surface area (Å²) in [6, 6.07) is 15.5. The normalized spacial score (nSPS) is 13.1. The van der Waals surface area contributed by atoms with Crippen molar-refractivity contribution >= 4 is 29.1 Å². The predicted molar refractivity (Wildman–Crippen MR) is 112 cm³/mol. The molecule has 1 amide bonds. The Morgan fingerprint density at radius 1 is 1.07 bits per heavy atom. The number of hydrogen-bond donors (Lipinski definition) is 2. The maximum atomic E-state index is 12.4. The van der Waals surface area contributed by atoms with E-state index >= 15 is 0 Å². The molecule has 2 atom stereocenters. The molecule has 0 fully saturated rings. The second kappa shape index (κ2) is 9.71. The van der Waals surface area contributed by atoms with Gasteiger partial charge >= 0.3 is 0 Å². The Bertz CT molecular complexity index is 880. The first-order chi connectivity index (χ1) is 13.5. The summed E-state index contributed by atoms with van der Waals surface area (Å²) in [5, 5.41) is 11.1. The summed E-state index contributed by atoms with van der Waals surface area (Å²) >= 11 is 12.1. The van der Waals surface area contributed by atoms with Crippen LogP contribution in [0, 0.1) is 0 Å². The number of nitrogens with one attached hydrogen (secondary N) is 2. The summed E-state index contributed by atoms with van der Waals surface area (Å²) < 4.78 is 0. The molecule has 1 aromatic heterocycles. The Kier molecular flexibility index (Phi) is 7.06. The molecule has 2 aromatic carbocycles. The van der Waals surface area contributed by atoms with Gasteiger partial charge in [0.1, 0.15) is 12.2 Å². The lowest BCUT2D eigenvalue weighted by molar-refractivity contribution is -0.121. The lowest BCUT2D eigenvalue weighted by Crippen LogP contribution is -2.38. The van der Waals surface area contributed by atoms with Gasteiger partial charge in [0.25, 0.3) is 0 Å². The fourth-order valence-corrected chi connectivity index (χ4v) is 3.43. The van der Waals surface area contributed by atoms with Gasteiger partial charge in [0, 0.05) is 34.8 Å². The number of nitrogens with zero attached hydrogens (tertiary/aromatic N) is 2. The number of aryl methyl sites for hydroxylation is 1. The molecule has 28 heavy (non-hydrogen) atoms. The molecule has 1 heterocycles. The van der Waals surface area contributed by atoms with Crippen molar-refractivity contribution in [2.75, 3.05) is 0 Å². The first kappa shape index (κ1) is 20.4. The third-order valence-electron chi connectivity index (χ3n) is 4.71. The highest BCUT2D eigenvalue weighted by Gasteiger charge is 2.22. The lowest BCUT2D eigenvalue weighted by Gasteiger charge is -2.26. The zero-order valence-electron chi connectivity index (χ0n) is 15.5. The zero-order chi connectivity index (χ0) is 19.9. The zero-order valence-corrected chi connectivity index (χ0v) is 17.0. The monoisotopic (exact) mass is 416 g/mol. The van der Waals surface area contributed by atoms with Crippen LogP contribution in [-0.4, -0.2) is 27.1 Å². The first-order valence-electron chi connectivity index (χ1n) is 9.15. The third-order valence-corrected chi connectivity index (χ3v) is 5.22. The molecule has 0 aliphatic heterocycles. The smallest absolute Gasteiger partial charge is 0.220 e. The summed E-state index contributed by atoms with van der Waals surface area (Å²) in [4.78, 5) is 16.5. The fourth-order valence-electron chi connectivity index (χ4n) is 3.18. The molecule has 2 N–H and O–H groups in total. The van der Waals surface area contributed by atoms with Crippen molar-refractivity contribution in [1.82, 2.24) is 20.5 Å². The van der Waals surface area contributed by atoms with E-state index < -0.39 is 0 Å². The minimum atomic E-state index is -0.0564. The van der Waals surface area contributed by atoms with Crippen LogP contribution in [0.2, 0.25) is 10.0 Å². The average Bonchev–Trinajstić information content (AvgIpc) is 3.20. The summed E-state index contributed by atoms with van der Waals surface area (Å²) in [5.41, 5.74) is 2.29. The number of rotatable bonds is 8.